The number of hydrogen-bond acceptors (Lipinski definition) is 6. The van der Waals surface area contributed by atoms with Crippen LogP contribution in [0.1, 0.15) is 46.6 Å². The van der Waals surface area contributed by atoms with Gasteiger partial charge in [0.15, 0.2) is 11.5 Å². The molecule has 0 bridgehead atoms. The highest BCUT2D eigenvalue weighted by Gasteiger charge is 2.28. The number of nitrogens with zero attached hydrogens (tertiary/aromatic N) is 2. The first-order chi connectivity index (χ1) is 14.5. The summed E-state index contributed by atoms with van der Waals surface area (Å²) in [5.41, 5.74) is 1.03. The van der Waals surface area contributed by atoms with Gasteiger partial charge in [-0.3, -0.25) is 14.6 Å². The molecule has 0 aliphatic carbocycles. The van der Waals surface area contributed by atoms with Crippen LogP contribution >= 0.6 is 0 Å². The standard InChI is InChI=1S/C24H41N3O4/c1-23(2,3)17-24(4,5)25-20(28)16-27-13-11-26(12-14-27)15-18-9-10-19(29-6)22(31-8)21(18)30-7/h9-10H,11-17H2,1-8H3,(H,25,28). The van der Waals surface area contributed by atoms with E-state index < -0.39 is 0 Å². The van der Waals surface area contributed by atoms with Gasteiger partial charge in [-0.25, -0.2) is 0 Å². The molecule has 31 heavy (non-hydrogen) atoms. The van der Waals surface area contributed by atoms with E-state index in [4.69, 9.17) is 14.2 Å². The number of hydrogen-bond donors (Lipinski definition) is 1. The molecular weight excluding hydrogens is 394 g/mol. The number of rotatable bonds is 9. The molecule has 1 amide bonds. The third kappa shape index (κ3) is 7.58. The van der Waals surface area contributed by atoms with E-state index in [-0.39, 0.29) is 16.9 Å². The van der Waals surface area contributed by atoms with Crippen molar-refractivity contribution in [3.8, 4) is 17.2 Å². The van der Waals surface area contributed by atoms with Crippen molar-refractivity contribution in [3.63, 3.8) is 0 Å². The molecule has 0 spiro atoms. The minimum atomic E-state index is -0.207. The van der Waals surface area contributed by atoms with Gasteiger partial charge in [0.1, 0.15) is 0 Å². The first-order valence-corrected chi connectivity index (χ1v) is 11.0. The van der Waals surface area contributed by atoms with E-state index in [0.29, 0.717) is 23.8 Å². The highest BCUT2D eigenvalue weighted by atomic mass is 16.5. The third-order valence-electron chi connectivity index (χ3n) is 5.46. The number of methoxy groups -OCH3 is 3. The minimum absolute atomic E-state index is 0.101. The molecule has 0 radical (unpaired) electrons. The zero-order valence-corrected chi connectivity index (χ0v) is 20.6. The lowest BCUT2D eigenvalue weighted by Crippen LogP contribution is -2.52. The number of benzene rings is 1. The third-order valence-corrected chi connectivity index (χ3v) is 5.46. The van der Waals surface area contributed by atoms with Gasteiger partial charge in [-0.15, -0.1) is 0 Å². The van der Waals surface area contributed by atoms with Crippen LogP contribution in [0.25, 0.3) is 0 Å². The van der Waals surface area contributed by atoms with E-state index in [1.165, 1.54) is 0 Å². The Balaban J connectivity index is 1.89. The largest absolute Gasteiger partial charge is 0.493 e. The Labute approximate surface area is 188 Å². The van der Waals surface area contributed by atoms with Gasteiger partial charge in [0.2, 0.25) is 11.7 Å². The van der Waals surface area contributed by atoms with E-state index in [9.17, 15) is 4.79 Å². The molecule has 1 aromatic carbocycles. The molecule has 2 rings (SSSR count). The lowest BCUT2D eigenvalue weighted by molar-refractivity contribution is -0.124. The zero-order valence-electron chi connectivity index (χ0n) is 20.6. The second-order valence-electron chi connectivity index (χ2n) is 10.2. The molecule has 7 heteroatoms. The van der Waals surface area contributed by atoms with Crippen LogP contribution in [0.3, 0.4) is 0 Å². The lowest BCUT2D eigenvalue weighted by atomic mass is 9.82. The Kier molecular flexibility index (Phi) is 8.60. The van der Waals surface area contributed by atoms with Crippen molar-refractivity contribution in [1.82, 2.24) is 15.1 Å². The van der Waals surface area contributed by atoms with Gasteiger partial charge in [0.05, 0.1) is 27.9 Å². The second-order valence-corrected chi connectivity index (χ2v) is 10.2. The van der Waals surface area contributed by atoms with E-state index in [0.717, 1.165) is 44.7 Å². The number of carbonyl (C=O) groups excluding carboxylic acids is 1. The average Bonchev–Trinajstić information content (AvgIpc) is 2.66. The first-order valence-electron chi connectivity index (χ1n) is 11.0. The monoisotopic (exact) mass is 435 g/mol. The number of ether oxygens (including phenoxy) is 3. The van der Waals surface area contributed by atoms with Crippen LogP contribution in [0.15, 0.2) is 12.1 Å². The zero-order chi connectivity index (χ0) is 23.2. The summed E-state index contributed by atoms with van der Waals surface area (Å²) in [4.78, 5) is 17.2. The number of carbonyl (C=O) groups is 1. The molecule has 7 nitrogen and oxygen atoms in total. The Hall–Kier alpha value is -1.99. The van der Waals surface area contributed by atoms with Gasteiger partial charge in [-0.2, -0.15) is 0 Å². The van der Waals surface area contributed by atoms with E-state index in [2.05, 4.69) is 49.7 Å². The molecule has 1 saturated heterocycles. The van der Waals surface area contributed by atoms with Crippen LogP contribution in [-0.4, -0.2) is 75.3 Å². The lowest BCUT2D eigenvalue weighted by Gasteiger charge is -2.36. The molecule has 1 N–H and O–H groups in total. The molecule has 1 aromatic rings. The van der Waals surface area contributed by atoms with E-state index in [1.807, 2.05) is 12.1 Å². The van der Waals surface area contributed by atoms with Gasteiger partial charge < -0.3 is 19.5 Å². The van der Waals surface area contributed by atoms with Crippen molar-refractivity contribution < 1.29 is 19.0 Å². The van der Waals surface area contributed by atoms with Crippen molar-refractivity contribution in [3.05, 3.63) is 17.7 Å². The molecule has 176 valence electrons. The smallest absolute Gasteiger partial charge is 0.234 e. The minimum Gasteiger partial charge on any atom is -0.493 e. The highest BCUT2D eigenvalue weighted by molar-refractivity contribution is 5.78. The Morgan fingerprint density at radius 1 is 0.903 bits per heavy atom. The van der Waals surface area contributed by atoms with Gasteiger partial charge in [-0.1, -0.05) is 26.8 Å². The fourth-order valence-corrected chi connectivity index (χ4v) is 4.62. The summed E-state index contributed by atoms with van der Waals surface area (Å²) < 4.78 is 16.5. The van der Waals surface area contributed by atoms with Crippen LogP contribution < -0.4 is 19.5 Å². The van der Waals surface area contributed by atoms with Crippen molar-refractivity contribution in [1.29, 1.82) is 0 Å². The van der Waals surface area contributed by atoms with Gasteiger partial charge in [0.25, 0.3) is 0 Å². The van der Waals surface area contributed by atoms with Crippen LogP contribution in [-0.2, 0) is 11.3 Å². The highest BCUT2D eigenvalue weighted by Crippen LogP contribution is 2.40. The van der Waals surface area contributed by atoms with Gasteiger partial charge >= 0.3 is 0 Å². The molecule has 1 aliphatic rings. The SMILES string of the molecule is COc1ccc(CN2CCN(CC(=O)NC(C)(C)CC(C)(C)C)CC2)c(OC)c1OC. The van der Waals surface area contributed by atoms with Crippen LogP contribution in [0.2, 0.25) is 0 Å². The first kappa shape index (κ1) is 25.3. The maximum absolute atomic E-state index is 12.6. The normalized spacial score (nSPS) is 16.1. The molecule has 0 atom stereocenters. The molecule has 0 saturated carbocycles. The summed E-state index contributed by atoms with van der Waals surface area (Å²) in [6.45, 7) is 15.5. The molecule has 1 heterocycles. The summed E-state index contributed by atoms with van der Waals surface area (Å²) in [5.74, 6) is 2.10. The summed E-state index contributed by atoms with van der Waals surface area (Å²) in [6.07, 6.45) is 0.937. The maximum Gasteiger partial charge on any atom is 0.234 e. The van der Waals surface area contributed by atoms with E-state index in [1.54, 1.807) is 21.3 Å². The Bertz CT molecular complexity index is 735. The summed E-state index contributed by atoms with van der Waals surface area (Å²) >= 11 is 0. The topological polar surface area (TPSA) is 63.3 Å². The van der Waals surface area contributed by atoms with Crippen LogP contribution in [0, 0.1) is 5.41 Å². The molecular formula is C24H41N3O4. The molecule has 1 aliphatic heterocycles. The maximum atomic E-state index is 12.6. The van der Waals surface area contributed by atoms with Crippen molar-refractivity contribution in [2.45, 2.75) is 53.1 Å². The van der Waals surface area contributed by atoms with Crippen molar-refractivity contribution in [2.24, 2.45) is 5.41 Å². The average molecular weight is 436 g/mol. The Morgan fingerprint density at radius 3 is 2.00 bits per heavy atom. The summed E-state index contributed by atoms with van der Waals surface area (Å²) in [7, 11) is 4.89. The van der Waals surface area contributed by atoms with E-state index >= 15 is 0 Å². The summed E-state index contributed by atoms with van der Waals surface area (Å²) in [5, 5.41) is 3.21. The fourth-order valence-electron chi connectivity index (χ4n) is 4.62. The fraction of sp³-hybridized carbons (Fsp3) is 0.708. The Morgan fingerprint density at radius 2 is 1.48 bits per heavy atom. The molecule has 0 unspecified atom stereocenters. The number of amides is 1. The predicted molar refractivity (Wildman–Crippen MR) is 124 cm³/mol. The predicted octanol–water partition coefficient (Wildman–Crippen LogP) is 3.16. The molecule has 0 aromatic heterocycles. The van der Waals surface area contributed by atoms with Crippen molar-refractivity contribution in [2.75, 3.05) is 54.1 Å². The number of nitrogens with one attached hydrogen (secondary N) is 1. The quantitative estimate of drug-likeness (QED) is 0.643. The van der Waals surface area contributed by atoms with Gasteiger partial charge in [-0.05, 0) is 31.7 Å². The van der Waals surface area contributed by atoms with Gasteiger partial charge in [0, 0.05) is 43.8 Å². The molecule has 1 fully saturated rings. The second kappa shape index (κ2) is 10.6. The van der Waals surface area contributed by atoms with Crippen molar-refractivity contribution >= 4 is 5.91 Å². The van der Waals surface area contributed by atoms with Crippen LogP contribution in [0.4, 0.5) is 0 Å². The number of piperazine rings is 1. The summed E-state index contributed by atoms with van der Waals surface area (Å²) in [6, 6.07) is 3.94. The van der Waals surface area contributed by atoms with Crippen LogP contribution in [0.5, 0.6) is 17.2 Å².